The summed E-state index contributed by atoms with van der Waals surface area (Å²) in [6.45, 7) is 0. The summed E-state index contributed by atoms with van der Waals surface area (Å²) in [6, 6.07) is 9.49. The van der Waals surface area contributed by atoms with E-state index in [9.17, 15) is 0 Å². The van der Waals surface area contributed by atoms with Gasteiger partial charge in [0, 0.05) is 5.69 Å². The molecule has 0 bridgehead atoms. The molecule has 0 aliphatic carbocycles. The number of halogens is 2. The van der Waals surface area contributed by atoms with Crippen LogP contribution in [0.1, 0.15) is 0 Å². The second-order valence-corrected chi connectivity index (χ2v) is 3.01. The topological polar surface area (TPSA) is 26.0 Å². The van der Waals surface area contributed by atoms with Gasteiger partial charge in [-0.3, -0.25) is 0 Å². The summed E-state index contributed by atoms with van der Waals surface area (Å²) >= 11 is 0.757. The molecule has 4 heteroatoms. The van der Waals surface area contributed by atoms with Gasteiger partial charge in [-0.2, -0.15) is 0 Å². The molecule has 1 rings (SSSR count). The van der Waals surface area contributed by atoms with Crippen molar-refractivity contribution in [2.24, 2.45) is 0 Å². The second kappa shape index (κ2) is 7.23. The molecule has 0 aliphatic rings. The molecule has 0 saturated carbocycles. The van der Waals surface area contributed by atoms with E-state index >= 15 is 0 Å². The molecule has 0 unspecified atom stereocenters. The monoisotopic (exact) mass is 226 g/mol. The van der Waals surface area contributed by atoms with Gasteiger partial charge in [0.2, 0.25) is 0 Å². The molecular weight excluding hydrogens is 221 g/mol. The van der Waals surface area contributed by atoms with Crippen LogP contribution in [-0.4, -0.2) is 0 Å². The van der Waals surface area contributed by atoms with Gasteiger partial charge in [0.15, 0.2) is 0 Å². The Morgan fingerprint density at radius 3 is 1.70 bits per heavy atom. The fourth-order valence-corrected chi connectivity index (χ4v) is 0.453. The summed E-state index contributed by atoms with van der Waals surface area (Å²) < 4.78 is 0. The number of hydrogen-bond donors (Lipinski definition) is 1. The van der Waals surface area contributed by atoms with E-state index in [1.807, 2.05) is 30.3 Å². The molecule has 1 nitrogen and oxygen atoms in total. The van der Waals surface area contributed by atoms with E-state index in [1.165, 1.54) is 0 Å². The molecule has 1 aromatic rings. The first-order valence-corrected chi connectivity index (χ1v) is 5.02. The van der Waals surface area contributed by atoms with Gasteiger partial charge in [-0.15, -0.1) is 0 Å². The van der Waals surface area contributed by atoms with Gasteiger partial charge >= 0.3 is 33.3 Å². The van der Waals surface area contributed by atoms with Crippen molar-refractivity contribution in [2.45, 2.75) is 0 Å². The number of rotatable bonds is 0. The maximum absolute atomic E-state index is 5.36. The third kappa shape index (κ3) is 6.24. The summed E-state index contributed by atoms with van der Waals surface area (Å²) in [5, 5.41) is 0. The molecule has 10 heavy (non-hydrogen) atoms. The Morgan fingerprint density at radius 1 is 1.10 bits per heavy atom. The van der Waals surface area contributed by atoms with Crippen LogP contribution >= 0.6 is 20.2 Å². The van der Waals surface area contributed by atoms with Crippen LogP contribution in [0.4, 0.5) is 5.69 Å². The van der Waals surface area contributed by atoms with Gasteiger partial charge in [0.25, 0.3) is 0 Å². The fraction of sp³-hybridized carbons (Fsp3) is 0. The predicted octanol–water partition coefficient (Wildman–Crippen LogP) is 2.65. The Balaban J connectivity index is 0.000000236. The fourth-order valence-electron chi connectivity index (χ4n) is 0.453. The van der Waals surface area contributed by atoms with Gasteiger partial charge < -0.3 is 5.73 Å². The van der Waals surface area contributed by atoms with Crippen molar-refractivity contribution in [1.82, 2.24) is 0 Å². The van der Waals surface area contributed by atoms with Crippen LogP contribution in [-0.2, 0) is 13.1 Å². The van der Waals surface area contributed by atoms with Crippen molar-refractivity contribution in [1.29, 1.82) is 0 Å². The molecule has 0 radical (unpaired) electrons. The van der Waals surface area contributed by atoms with Gasteiger partial charge in [0.05, 0.1) is 0 Å². The van der Waals surface area contributed by atoms with Crippen LogP contribution in [0.15, 0.2) is 30.3 Å². The van der Waals surface area contributed by atoms with Gasteiger partial charge in [-0.1, -0.05) is 18.2 Å². The Bertz CT molecular complexity index is 157. The van der Waals surface area contributed by atoms with Crippen molar-refractivity contribution in [3.8, 4) is 0 Å². The molecule has 0 aromatic heterocycles. The first-order valence-electron chi connectivity index (χ1n) is 2.43. The minimum atomic E-state index is 0.757. The first kappa shape index (κ1) is 10.1. The Morgan fingerprint density at radius 2 is 1.50 bits per heavy atom. The van der Waals surface area contributed by atoms with Crippen LogP contribution in [0, 0.1) is 0 Å². The summed E-state index contributed by atoms with van der Waals surface area (Å²) in [7, 11) is 9.34. The zero-order valence-electron chi connectivity index (χ0n) is 5.02. The van der Waals surface area contributed by atoms with Crippen molar-refractivity contribution in [2.75, 3.05) is 5.73 Å². The standard InChI is InChI=1S/C6H7N.2ClH.Cu/c7-6-4-2-1-3-5-6;;;/h1-5H,7H2;2*1H;/q;;;+2/p-2. The minimum absolute atomic E-state index is 0.757. The van der Waals surface area contributed by atoms with Gasteiger partial charge in [-0.05, 0) is 12.1 Å². The van der Waals surface area contributed by atoms with Gasteiger partial charge in [-0.25, -0.2) is 0 Å². The zero-order valence-corrected chi connectivity index (χ0v) is 7.48. The van der Waals surface area contributed by atoms with E-state index in [0.717, 1.165) is 18.8 Å². The van der Waals surface area contributed by atoms with E-state index in [4.69, 9.17) is 5.73 Å². The molecule has 0 spiro atoms. The molecule has 0 aliphatic heterocycles. The van der Waals surface area contributed by atoms with Crippen molar-refractivity contribution in [3.05, 3.63) is 30.3 Å². The molecule has 0 saturated heterocycles. The Kier molecular flexibility index (Phi) is 7.32. The average Bonchev–Trinajstić information content (AvgIpc) is 1.91. The van der Waals surface area contributed by atoms with Crippen LogP contribution in [0.3, 0.4) is 0 Å². The maximum atomic E-state index is 5.36. The van der Waals surface area contributed by atoms with Crippen molar-refractivity contribution in [3.63, 3.8) is 0 Å². The number of nitrogens with two attached hydrogens (primary N) is 1. The van der Waals surface area contributed by atoms with Crippen molar-refractivity contribution < 1.29 is 13.1 Å². The molecule has 2 N–H and O–H groups in total. The molecule has 61 valence electrons. The van der Waals surface area contributed by atoms with Crippen molar-refractivity contribution >= 4 is 25.9 Å². The third-order valence-electron chi connectivity index (χ3n) is 0.800. The summed E-state index contributed by atoms with van der Waals surface area (Å²) in [5.74, 6) is 0. The molecule has 0 fully saturated rings. The molecule has 0 amide bonds. The summed E-state index contributed by atoms with van der Waals surface area (Å²) in [4.78, 5) is 0. The quantitative estimate of drug-likeness (QED) is 0.535. The SMILES string of the molecule is Nc1ccccc1.[Cl][Cu][Cl]. The van der Waals surface area contributed by atoms with Crippen LogP contribution < -0.4 is 5.73 Å². The number of para-hydroxylation sites is 1. The second-order valence-electron chi connectivity index (χ2n) is 1.45. The summed E-state index contributed by atoms with van der Waals surface area (Å²) in [6.07, 6.45) is 0. The number of benzene rings is 1. The Hall–Kier alpha value is 0.119. The van der Waals surface area contributed by atoms with E-state index in [0.29, 0.717) is 0 Å². The first-order chi connectivity index (χ1) is 4.81. The average molecular weight is 228 g/mol. The normalized spacial score (nSPS) is 8.20. The molecule has 0 atom stereocenters. The molecule has 0 heterocycles. The van der Waals surface area contributed by atoms with Crippen LogP contribution in [0.5, 0.6) is 0 Å². The predicted molar refractivity (Wildman–Crippen MR) is 42.6 cm³/mol. The van der Waals surface area contributed by atoms with E-state index < -0.39 is 0 Å². The summed E-state index contributed by atoms with van der Waals surface area (Å²) in [5.41, 5.74) is 6.18. The van der Waals surface area contributed by atoms with Crippen LogP contribution in [0.2, 0.25) is 0 Å². The zero-order chi connectivity index (χ0) is 7.82. The number of nitrogen functional groups attached to an aromatic ring is 1. The number of hydrogen-bond acceptors (Lipinski definition) is 1. The third-order valence-corrected chi connectivity index (χ3v) is 0.800. The van der Waals surface area contributed by atoms with Gasteiger partial charge in [0.1, 0.15) is 0 Å². The molecular formula is C6H7Cl2CuN. The van der Waals surface area contributed by atoms with Crippen LogP contribution in [0.25, 0.3) is 0 Å². The van der Waals surface area contributed by atoms with E-state index in [-0.39, 0.29) is 0 Å². The van der Waals surface area contributed by atoms with E-state index in [2.05, 4.69) is 20.2 Å². The Labute approximate surface area is 75.1 Å². The number of anilines is 1. The van der Waals surface area contributed by atoms with E-state index in [1.54, 1.807) is 0 Å². The molecule has 1 aromatic carbocycles.